The molecule has 27 heavy (non-hydrogen) atoms. The Kier molecular flexibility index (Phi) is 6.21. The molecule has 0 saturated carbocycles. The minimum atomic E-state index is 0.491. The number of ether oxygens (including phenoxy) is 4. The highest BCUT2D eigenvalue weighted by molar-refractivity contribution is 5.40. The van der Waals surface area contributed by atoms with Gasteiger partial charge in [-0.25, -0.2) is 0 Å². The zero-order valence-electron chi connectivity index (χ0n) is 15.9. The monoisotopic (exact) mass is 364 g/mol. The van der Waals surface area contributed by atoms with E-state index < -0.39 is 0 Å². The molecule has 3 aromatic rings. The summed E-state index contributed by atoms with van der Waals surface area (Å²) in [7, 11) is 3.32. The molecule has 0 atom stereocenters. The molecule has 0 heterocycles. The lowest BCUT2D eigenvalue weighted by molar-refractivity contribution is 0.288. The van der Waals surface area contributed by atoms with Gasteiger partial charge in [0.05, 0.1) is 14.2 Å². The van der Waals surface area contributed by atoms with Crippen LogP contribution in [0.25, 0.3) is 0 Å². The molecule has 0 amide bonds. The molecule has 0 aromatic heterocycles. The summed E-state index contributed by atoms with van der Waals surface area (Å²) in [5.41, 5.74) is 3.23. The van der Waals surface area contributed by atoms with Crippen LogP contribution in [-0.2, 0) is 13.2 Å². The molecular formula is C23H24O4. The van der Waals surface area contributed by atoms with E-state index in [0.717, 1.165) is 39.7 Å². The predicted octanol–water partition coefficient (Wildman–Crippen LogP) is 5.17. The van der Waals surface area contributed by atoms with Crippen molar-refractivity contribution >= 4 is 0 Å². The van der Waals surface area contributed by atoms with Crippen molar-refractivity contribution in [1.29, 1.82) is 0 Å². The van der Waals surface area contributed by atoms with Crippen molar-refractivity contribution in [2.75, 3.05) is 14.2 Å². The molecule has 4 nitrogen and oxygen atoms in total. The summed E-state index contributed by atoms with van der Waals surface area (Å²) in [5, 5.41) is 0. The van der Waals surface area contributed by atoms with E-state index >= 15 is 0 Å². The Hall–Kier alpha value is -3.14. The molecule has 3 aromatic carbocycles. The number of aryl methyl sites for hydroxylation is 1. The lowest BCUT2D eigenvalue weighted by Gasteiger charge is -2.13. The second-order valence-corrected chi connectivity index (χ2v) is 6.20. The first-order valence-corrected chi connectivity index (χ1v) is 8.80. The minimum absolute atomic E-state index is 0.491. The van der Waals surface area contributed by atoms with E-state index in [0.29, 0.717) is 13.2 Å². The molecule has 0 N–H and O–H groups in total. The largest absolute Gasteiger partial charge is 0.497 e. The SMILES string of the molecule is COc1ccc(COc2ccc(C)c(OCc3ccc(OC)cc3)c2)cc1. The second kappa shape index (κ2) is 8.99. The Labute approximate surface area is 160 Å². The van der Waals surface area contributed by atoms with Crippen LogP contribution >= 0.6 is 0 Å². The third-order valence-electron chi connectivity index (χ3n) is 4.28. The summed E-state index contributed by atoms with van der Waals surface area (Å²) in [6.45, 7) is 3.01. The van der Waals surface area contributed by atoms with Crippen molar-refractivity contribution in [2.24, 2.45) is 0 Å². The maximum atomic E-state index is 5.98. The van der Waals surface area contributed by atoms with Gasteiger partial charge in [0.25, 0.3) is 0 Å². The van der Waals surface area contributed by atoms with Crippen LogP contribution in [0.3, 0.4) is 0 Å². The van der Waals surface area contributed by atoms with Crippen LogP contribution in [0, 0.1) is 6.92 Å². The molecule has 0 saturated heterocycles. The highest BCUT2D eigenvalue weighted by Gasteiger charge is 2.05. The molecule has 0 bridgehead atoms. The summed E-state index contributed by atoms with van der Waals surface area (Å²) in [4.78, 5) is 0. The third-order valence-corrected chi connectivity index (χ3v) is 4.28. The van der Waals surface area contributed by atoms with Crippen LogP contribution in [0.4, 0.5) is 0 Å². The average molecular weight is 364 g/mol. The molecule has 0 unspecified atom stereocenters. The Morgan fingerprint density at radius 1 is 0.593 bits per heavy atom. The standard InChI is InChI=1S/C23H24O4/c1-17-4-9-22(26-15-18-5-10-20(24-2)11-6-18)14-23(17)27-16-19-7-12-21(25-3)13-8-19/h4-14H,15-16H2,1-3H3. The normalized spacial score (nSPS) is 10.3. The van der Waals surface area contributed by atoms with E-state index in [2.05, 4.69) is 0 Å². The third kappa shape index (κ3) is 5.17. The Balaban J connectivity index is 1.60. The summed E-state index contributed by atoms with van der Waals surface area (Å²) < 4.78 is 22.2. The number of benzene rings is 3. The van der Waals surface area contributed by atoms with Gasteiger partial charge >= 0.3 is 0 Å². The molecule has 0 aliphatic heterocycles. The fourth-order valence-electron chi connectivity index (χ4n) is 2.60. The van der Waals surface area contributed by atoms with Gasteiger partial charge in [-0.15, -0.1) is 0 Å². The fourth-order valence-corrected chi connectivity index (χ4v) is 2.60. The first kappa shape index (κ1) is 18.6. The van der Waals surface area contributed by atoms with Crippen molar-refractivity contribution in [3.05, 3.63) is 83.4 Å². The van der Waals surface area contributed by atoms with E-state index in [4.69, 9.17) is 18.9 Å². The maximum absolute atomic E-state index is 5.98. The van der Waals surface area contributed by atoms with Crippen molar-refractivity contribution in [3.8, 4) is 23.0 Å². The van der Waals surface area contributed by atoms with Crippen LogP contribution < -0.4 is 18.9 Å². The highest BCUT2D eigenvalue weighted by atomic mass is 16.5. The van der Waals surface area contributed by atoms with Gasteiger partial charge in [-0.1, -0.05) is 30.3 Å². The molecule has 0 fully saturated rings. The molecule has 0 aliphatic rings. The van der Waals surface area contributed by atoms with Crippen LogP contribution in [0.2, 0.25) is 0 Å². The Morgan fingerprint density at radius 2 is 1.07 bits per heavy atom. The first-order chi connectivity index (χ1) is 13.2. The predicted molar refractivity (Wildman–Crippen MR) is 106 cm³/mol. The van der Waals surface area contributed by atoms with E-state index in [-0.39, 0.29) is 0 Å². The van der Waals surface area contributed by atoms with E-state index in [9.17, 15) is 0 Å². The van der Waals surface area contributed by atoms with Crippen molar-refractivity contribution < 1.29 is 18.9 Å². The fraction of sp³-hybridized carbons (Fsp3) is 0.217. The van der Waals surface area contributed by atoms with Crippen LogP contribution in [0.1, 0.15) is 16.7 Å². The van der Waals surface area contributed by atoms with Crippen molar-refractivity contribution in [2.45, 2.75) is 20.1 Å². The van der Waals surface area contributed by atoms with Crippen molar-refractivity contribution in [3.63, 3.8) is 0 Å². The molecule has 0 spiro atoms. The topological polar surface area (TPSA) is 36.9 Å². The molecular weight excluding hydrogens is 340 g/mol. The zero-order chi connectivity index (χ0) is 19.1. The zero-order valence-corrected chi connectivity index (χ0v) is 15.9. The van der Waals surface area contributed by atoms with Gasteiger partial charge in [0.2, 0.25) is 0 Å². The number of hydrogen-bond donors (Lipinski definition) is 0. The molecule has 4 heteroatoms. The maximum Gasteiger partial charge on any atom is 0.126 e. The van der Waals surface area contributed by atoms with Crippen LogP contribution in [0.15, 0.2) is 66.7 Å². The summed E-state index contributed by atoms with van der Waals surface area (Å²) in [6, 6.07) is 21.6. The molecule has 140 valence electrons. The van der Waals surface area contributed by atoms with E-state index in [1.807, 2.05) is 73.7 Å². The number of methoxy groups -OCH3 is 2. The summed E-state index contributed by atoms with van der Waals surface area (Å²) in [6.07, 6.45) is 0. The van der Waals surface area contributed by atoms with Gasteiger partial charge in [0, 0.05) is 6.07 Å². The van der Waals surface area contributed by atoms with Gasteiger partial charge in [0.15, 0.2) is 0 Å². The van der Waals surface area contributed by atoms with Gasteiger partial charge in [-0.3, -0.25) is 0 Å². The van der Waals surface area contributed by atoms with Gasteiger partial charge in [-0.05, 0) is 53.9 Å². The molecule has 0 radical (unpaired) electrons. The van der Waals surface area contributed by atoms with Gasteiger partial charge < -0.3 is 18.9 Å². The minimum Gasteiger partial charge on any atom is -0.497 e. The van der Waals surface area contributed by atoms with Crippen LogP contribution in [-0.4, -0.2) is 14.2 Å². The summed E-state index contributed by atoms with van der Waals surface area (Å²) >= 11 is 0. The number of rotatable bonds is 8. The lowest BCUT2D eigenvalue weighted by Crippen LogP contribution is -1.99. The van der Waals surface area contributed by atoms with Gasteiger partial charge in [0.1, 0.15) is 36.2 Å². The summed E-state index contributed by atoms with van der Waals surface area (Å²) in [5.74, 6) is 3.27. The Bertz CT molecular complexity index is 855. The quantitative estimate of drug-likeness (QED) is 0.552. The van der Waals surface area contributed by atoms with Gasteiger partial charge in [-0.2, -0.15) is 0 Å². The smallest absolute Gasteiger partial charge is 0.126 e. The number of hydrogen-bond acceptors (Lipinski definition) is 4. The van der Waals surface area contributed by atoms with Crippen molar-refractivity contribution in [1.82, 2.24) is 0 Å². The highest BCUT2D eigenvalue weighted by Crippen LogP contribution is 2.26. The Morgan fingerprint density at radius 3 is 1.59 bits per heavy atom. The van der Waals surface area contributed by atoms with E-state index in [1.54, 1.807) is 14.2 Å². The lowest BCUT2D eigenvalue weighted by atomic mass is 10.2. The van der Waals surface area contributed by atoms with E-state index in [1.165, 1.54) is 0 Å². The first-order valence-electron chi connectivity index (χ1n) is 8.80. The van der Waals surface area contributed by atoms with Crippen LogP contribution in [0.5, 0.6) is 23.0 Å². The average Bonchev–Trinajstić information content (AvgIpc) is 2.73. The molecule has 3 rings (SSSR count). The second-order valence-electron chi connectivity index (χ2n) is 6.20. The molecule has 0 aliphatic carbocycles.